The summed E-state index contributed by atoms with van der Waals surface area (Å²) >= 11 is 0. The number of benzene rings is 1. The van der Waals surface area contributed by atoms with E-state index in [1.165, 1.54) is 12.0 Å². The van der Waals surface area contributed by atoms with E-state index in [9.17, 15) is 0 Å². The smallest absolute Gasteiger partial charge is 0.144 e. The van der Waals surface area contributed by atoms with E-state index in [1.807, 2.05) is 13.1 Å². The Morgan fingerprint density at radius 3 is 2.58 bits per heavy atom. The van der Waals surface area contributed by atoms with Gasteiger partial charge in [0.15, 0.2) is 0 Å². The average Bonchev–Trinajstić information content (AvgIpc) is 2.42. The first kappa shape index (κ1) is 13.5. The Balaban J connectivity index is 2.05. The molecule has 0 saturated heterocycles. The van der Waals surface area contributed by atoms with Crippen molar-refractivity contribution in [1.29, 1.82) is 0 Å². The SMILES string of the molecule is CCCc1ccc(Nc2ccnc(CNC)n2)cc1. The molecule has 0 atom stereocenters. The third-order valence-corrected chi connectivity index (χ3v) is 2.81. The molecular formula is C15H20N4. The largest absolute Gasteiger partial charge is 0.340 e. The summed E-state index contributed by atoms with van der Waals surface area (Å²) in [6.07, 6.45) is 4.07. The van der Waals surface area contributed by atoms with E-state index in [0.29, 0.717) is 6.54 Å². The molecule has 1 heterocycles. The lowest BCUT2D eigenvalue weighted by molar-refractivity contribution is 0.759. The Kier molecular flexibility index (Phi) is 4.86. The topological polar surface area (TPSA) is 49.8 Å². The Morgan fingerprint density at radius 1 is 1.11 bits per heavy atom. The molecule has 0 bridgehead atoms. The van der Waals surface area contributed by atoms with Gasteiger partial charge in [-0.25, -0.2) is 9.97 Å². The molecular weight excluding hydrogens is 236 g/mol. The van der Waals surface area contributed by atoms with E-state index in [1.54, 1.807) is 6.20 Å². The lowest BCUT2D eigenvalue weighted by Crippen LogP contribution is -2.09. The molecule has 0 spiro atoms. The second-order valence-corrected chi connectivity index (χ2v) is 4.46. The Labute approximate surface area is 114 Å². The van der Waals surface area contributed by atoms with Crippen LogP contribution in [0.3, 0.4) is 0 Å². The van der Waals surface area contributed by atoms with Crippen LogP contribution in [0.5, 0.6) is 0 Å². The molecule has 100 valence electrons. The van der Waals surface area contributed by atoms with Gasteiger partial charge in [0.05, 0.1) is 6.54 Å². The van der Waals surface area contributed by atoms with E-state index >= 15 is 0 Å². The van der Waals surface area contributed by atoms with Gasteiger partial charge in [-0.05, 0) is 37.2 Å². The van der Waals surface area contributed by atoms with Gasteiger partial charge >= 0.3 is 0 Å². The third-order valence-electron chi connectivity index (χ3n) is 2.81. The molecule has 2 N–H and O–H groups in total. The van der Waals surface area contributed by atoms with Gasteiger partial charge in [-0.1, -0.05) is 25.5 Å². The van der Waals surface area contributed by atoms with Gasteiger partial charge in [0.25, 0.3) is 0 Å². The van der Waals surface area contributed by atoms with Crippen LogP contribution in [0.15, 0.2) is 36.5 Å². The van der Waals surface area contributed by atoms with Gasteiger partial charge in [0.2, 0.25) is 0 Å². The average molecular weight is 256 g/mol. The number of hydrogen-bond donors (Lipinski definition) is 2. The van der Waals surface area contributed by atoms with E-state index in [0.717, 1.165) is 23.8 Å². The van der Waals surface area contributed by atoms with E-state index in [2.05, 4.69) is 51.8 Å². The van der Waals surface area contributed by atoms with E-state index < -0.39 is 0 Å². The molecule has 0 aliphatic heterocycles. The summed E-state index contributed by atoms with van der Waals surface area (Å²) in [6, 6.07) is 10.4. The van der Waals surface area contributed by atoms with Gasteiger partial charge < -0.3 is 10.6 Å². The minimum atomic E-state index is 0.672. The number of hydrogen-bond acceptors (Lipinski definition) is 4. The fraction of sp³-hybridized carbons (Fsp3) is 0.333. The first-order valence-corrected chi connectivity index (χ1v) is 6.64. The number of aryl methyl sites for hydroxylation is 1. The Morgan fingerprint density at radius 2 is 1.89 bits per heavy atom. The zero-order chi connectivity index (χ0) is 13.5. The molecule has 0 amide bonds. The van der Waals surface area contributed by atoms with Gasteiger partial charge in [-0.15, -0.1) is 0 Å². The molecule has 0 radical (unpaired) electrons. The second kappa shape index (κ2) is 6.85. The molecule has 1 aromatic heterocycles. The summed E-state index contributed by atoms with van der Waals surface area (Å²) in [5, 5.41) is 6.34. The first-order valence-electron chi connectivity index (χ1n) is 6.64. The highest BCUT2D eigenvalue weighted by Gasteiger charge is 1.99. The molecule has 2 aromatic rings. The van der Waals surface area contributed by atoms with Crippen molar-refractivity contribution in [2.45, 2.75) is 26.3 Å². The maximum atomic E-state index is 4.43. The van der Waals surface area contributed by atoms with Crippen LogP contribution in [-0.2, 0) is 13.0 Å². The van der Waals surface area contributed by atoms with Crippen molar-refractivity contribution >= 4 is 11.5 Å². The predicted octanol–water partition coefficient (Wildman–Crippen LogP) is 2.89. The molecule has 4 nitrogen and oxygen atoms in total. The highest BCUT2D eigenvalue weighted by atomic mass is 15.0. The summed E-state index contributed by atoms with van der Waals surface area (Å²) < 4.78 is 0. The quantitative estimate of drug-likeness (QED) is 0.834. The zero-order valence-corrected chi connectivity index (χ0v) is 11.5. The number of nitrogens with zero attached hydrogens (tertiary/aromatic N) is 2. The predicted molar refractivity (Wildman–Crippen MR) is 78.5 cm³/mol. The van der Waals surface area contributed by atoms with Crippen LogP contribution in [0.1, 0.15) is 24.7 Å². The number of nitrogens with one attached hydrogen (secondary N) is 2. The van der Waals surface area contributed by atoms with Crippen molar-refractivity contribution in [1.82, 2.24) is 15.3 Å². The number of aromatic nitrogens is 2. The minimum absolute atomic E-state index is 0.672. The van der Waals surface area contributed by atoms with Crippen molar-refractivity contribution in [3.8, 4) is 0 Å². The van der Waals surface area contributed by atoms with Crippen molar-refractivity contribution in [2.75, 3.05) is 12.4 Å². The summed E-state index contributed by atoms with van der Waals surface area (Å²) in [5.41, 5.74) is 2.42. The molecule has 0 saturated carbocycles. The van der Waals surface area contributed by atoms with Gasteiger partial charge in [0.1, 0.15) is 11.6 Å². The standard InChI is InChI=1S/C15H20N4/c1-3-4-12-5-7-13(8-6-12)18-14-9-10-17-15(19-14)11-16-2/h5-10,16H,3-4,11H2,1-2H3,(H,17,18,19). The van der Waals surface area contributed by atoms with Crippen LogP contribution in [0.4, 0.5) is 11.5 Å². The normalized spacial score (nSPS) is 10.4. The summed E-state index contributed by atoms with van der Waals surface area (Å²) in [4.78, 5) is 8.63. The first-order chi connectivity index (χ1) is 9.31. The lowest BCUT2D eigenvalue weighted by Gasteiger charge is -2.07. The van der Waals surface area contributed by atoms with Crippen molar-refractivity contribution < 1.29 is 0 Å². The highest BCUT2D eigenvalue weighted by Crippen LogP contribution is 2.15. The van der Waals surface area contributed by atoms with Crippen LogP contribution in [-0.4, -0.2) is 17.0 Å². The maximum absolute atomic E-state index is 4.43. The van der Waals surface area contributed by atoms with Gasteiger partial charge in [-0.3, -0.25) is 0 Å². The van der Waals surface area contributed by atoms with Gasteiger partial charge in [-0.2, -0.15) is 0 Å². The molecule has 2 rings (SSSR count). The molecule has 0 aliphatic carbocycles. The van der Waals surface area contributed by atoms with Gasteiger partial charge in [0, 0.05) is 11.9 Å². The molecule has 0 fully saturated rings. The van der Waals surface area contributed by atoms with Crippen LogP contribution < -0.4 is 10.6 Å². The van der Waals surface area contributed by atoms with Crippen LogP contribution in [0.2, 0.25) is 0 Å². The summed E-state index contributed by atoms with van der Waals surface area (Å²) in [7, 11) is 1.88. The minimum Gasteiger partial charge on any atom is -0.340 e. The lowest BCUT2D eigenvalue weighted by atomic mass is 10.1. The van der Waals surface area contributed by atoms with E-state index in [-0.39, 0.29) is 0 Å². The van der Waals surface area contributed by atoms with Crippen LogP contribution in [0, 0.1) is 0 Å². The number of rotatable bonds is 6. The fourth-order valence-electron chi connectivity index (χ4n) is 1.90. The molecule has 1 aromatic carbocycles. The number of anilines is 2. The molecule has 19 heavy (non-hydrogen) atoms. The molecule has 4 heteroatoms. The van der Waals surface area contributed by atoms with Crippen LogP contribution >= 0.6 is 0 Å². The zero-order valence-electron chi connectivity index (χ0n) is 11.5. The second-order valence-electron chi connectivity index (χ2n) is 4.46. The van der Waals surface area contributed by atoms with Crippen LogP contribution in [0.25, 0.3) is 0 Å². The summed E-state index contributed by atoms with van der Waals surface area (Å²) in [5.74, 6) is 1.61. The van der Waals surface area contributed by atoms with Crippen molar-refractivity contribution in [2.24, 2.45) is 0 Å². The highest BCUT2D eigenvalue weighted by molar-refractivity contribution is 5.56. The summed E-state index contributed by atoms with van der Waals surface area (Å²) in [6.45, 7) is 2.86. The Hall–Kier alpha value is -1.94. The monoisotopic (exact) mass is 256 g/mol. The molecule has 0 aliphatic rings. The molecule has 0 unspecified atom stereocenters. The third kappa shape index (κ3) is 4.03. The maximum Gasteiger partial charge on any atom is 0.144 e. The fourth-order valence-corrected chi connectivity index (χ4v) is 1.90. The van der Waals surface area contributed by atoms with Crippen molar-refractivity contribution in [3.63, 3.8) is 0 Å². The van der Waals surface area contributed by atoms with E-state index in [4.69, 9.17) is 0 Å². The Bertz CT molecular complexity index is 508. The van der Waals surface area contributed by atoms with Crippen molar-refractivity contribution in [3.05, 3.63) is 47.9 Å².